The molecular formula is C14H20N2O3S2. The Hall–Kier alpha value is -1.47. The lowest BCUT2D eigenvalue weighted by atomic mass is 10.2. The lowest BCUT2D eigenvalue weighted by Gasteiger charge is -2.13. The number of nitrogens with one attached hydrogen (secondary N) is 1. The lowest BCUT2D eigenvalue weighted by Crippen LogP contribution is -2.36. The van der Waals surface area contributed by atoms with Gasteiger partial charge >= 0.3 is 0 Å². The minimum absolute atomic E-state index is 0.0259. The number of benzene rings is 1. The monoisotopic (exact) mass is 328 g/mol. The minimum atomic E-state index is -0.844. The van der Waals surface area contributed by atoms with Crippen molar-refractivity contribution < 1.29 is 13.7 Å². The maximum atomic E-state index is 11.7. The first-order valence-electron chi connectivity index (χ1n) is 6.50. The van der Waals surface area contributed by atoms with Crippen molar-refractivity contribution in [3.05, 3.63) is 29.8 Å². The van der Waals surface area contributed by atoms with Gasteiger partial charge in [0, 0.05) is 34.4 Å². The summed E-state index contributed by atoms with van der Waals surface area (Å²) >= 11 is 4.85. The standard InChI is InChI=1S/C14H20N2O3S2/c1-10(7-8-21(2)18)16-13(17)9-19-12-5-3-11(4-6-12)14(15)20/h3-6,10H,7-9H2,1-2H3,(H2,15,20)(H,16,17). The Labute approximate surface area is 132 Å². The van der Waals surface area contributed by atoms with Crippen molar-refractivity contribution in [1.82, 2.24) is 5.32 Å². The Kier molecular flexibility index (Phi) is 7.31. The Morgan fingerprint density at radius 2 is 2.05 bits per heavy atom. The third-order valence-electron chi connectivity index (χ3n) is 2.75. The Balaban J connectivity index is 2.35. The van der Waals surface area contributed by atoms with E-state index >= 15 is 0 Å². The van der Waals surface area contributed by atoms with E-state index in [9.17, 15) is 9.00 Å². The van der Waals surface area contributed by atoms with Crippen molar-refractivity contribution in [2.24, 2.45) is 5.73 Å². The quantitative estimate of drug-likeness (QED) is 0.695. The fourth-order valence-corrected chi connectivity index (χ4v) is 2.42. The summed E-state index contributed by atoms with van der Waals surface area (Å²) in [6.45, 7) is 1.81. The SMILES string of the molecule is CC(CCS(C)=O)NC(=O)COc1ccc(C(N)=S)cc1. The summed E-state index contributed by atoms with van der Waals surface area (Å²) in [5.74, 6) is 0.943. The van der Waals surface area contributed by atoms with Gasteiger partial charge in [0.15, 0.2) is 6.61 Å². The first kappa shape index (κ1) is 17.6. The van der Waals surface area contributed by atoms with Crippen LogP contribution in [0.2, 0.25) is 0 Å². The van der Waals surface area contributed by atoms with Crippen molar-refractivity contribution in [3.63, 3.8) is 0 Å². The molecule has 116 valence electrons. The molecule has 1 aromatic carbocycles. The van der Waals surface area contributed by atoms with Crippen molar-refractivity contribution in [3.8, 4) is 5.75 Å². The van der Waals surface area contributed by atoms with E-state index in [2.05, 4.69) is 5.32 Å². The van der Waals surface area contributed by atoms with Gasteiger partial charge in [-0.1, -0.05) is 12.2 Å². The van der Waals surface area contributed by atoms with E-state index in [0.29, 0.717) is 22.9 Å². The predicted molar refractivity (Wildman–Crippen MR) is 89.0 cm³/mol. The summed E-state index contributed by atoms with van der Waals surface area (Å²) in [5.41, 5.74) is 6.25. The van der Waals surface area contributed by atoms with Gasteiger partial charge in [0.1, 0.15) is 10.7 Å². The zero-order valence-electron chi connectivity index (χ0n) is 12.1. The number of amides is 1. The number of ether oxygens (including phenoxy) is 1. The summed E-state index contributed by atoms with van der Waals surface area (Å²) in [6.07, 6.45) is 2.33. The highest BCUT2D eigenvalue weighted by atomic mass is 32.2. The molecule has 0 aliphatic rings. The largest absolute Gasteiger partial charge is 0.484 e. The van der Waals surface area contributed by atoms with Crippen molar-refractivity contribution in [2.45, 2.75) is 19.4 Å². The smallest absolute Gasteiger partial charge is 0.258 e. The molecule has 21 heavy (non-hydrogen) atoms. The second kappa shape index (κ2) is 8.74. The second-order valence-electron chi connectivity index (χ2n) is 4.71. The highest BCUT2D eigenvalue weighted by molar-refractivity contribution is 7.84. The van der Waals surface area contributed by atoms with Crippen LogP contribution in [-0.4, -0.2) is 39.8 Å². The summed E-state index contributed by atoms with van der Waals surface area (Å²) in [4.78, 5) is 12.0. The maximum absolute atomic E-state index is 11.7. The molecule has 0 aliphatic carbocycles. The molecule has 1 aromatic rings. The second-order valence-corrected chi connectivity index (χ2v) is 6.71. The van der Waals surface area contributed by atoms with Crippen molar-refractivity contribution in [2.75, 3.05) is 18.6 Å². The van der Waals surface area contributed by atoms with Crippen LogP contribution < -0.4 is 15.8 Å². The molecule has 0 fully saturated rings. The third-order valence-corrected chi connectivity index (χ3v) is 3.80. The summed E-state index contributed by atoms with van der Waals surface area (Å²) in [5, 5.41) is 2.80. The zero-order valence-corrected chi connectivity index (χ0v) is 13.8. The average Bonchev–Trinajstić information content (AvgIpc) is 2.43. The molecule has 0 saturated heterocycles. The molecule has 0 saturated carbocycles. The van der Waals surface area contributed by atoms with Crippen LogP contribution in [0.4, 0.5) is 0 Å². The van der Waals surface area contributed by atoms with E-state index in [-0.39, 0.29) is 18.6 Å². The van der Waals surface area contributed by atoms with Crippen LogP contribution in [0.5, 0.6) is 5.75 Å². The van der Waals surface area contributed by atoms with Gasteiger partial charge in [-0.05, 0) is 37.6 Å². The summed E-state index contributed by atoms with van der Waals surface area (Å²) in [7, 11) is -0.844. The Bertz CT molecular complexity index is 517. The molecule has 0 heterocycles. The summed E-state index contributed by atoms with van der Waals surface area (Å²) < 4.78 is 16.3. The highest BCUT2D eigenvalue weighted by Gasteiger charge is 2.08. The van der Waals surface area contributed by atoms with Crippen molar-refractivity contribution >= 4 is 33.9 Å². The number of rotatable bonds is 8. The molecule has 1 rings (SSSR count). The number of nitrogens with two attached hydrogens (primary N) is 1. The normalized spacial score (nSPS) is 13.2. The fraction of sp³-hybridized carbons (Fsp3) is 0.429. The van der Waals surface area contributed by atoms with Gasteiger partial charge in [-0.2, -0.15) is 0 Å². The first-order chi connectivity index (χ1) is 9.88. The summed E-state index contributed by atoms with van der Waals surface area (Å²) in [6, 6.07) is 6.89. The third kappa shape index (κ3) is 7.19. The van der Waals surface area contributed by atoms with Gasteiger partial charge in [0.2, 0.25) is 0 Å². The maximum Gasteiger partial charge on any atom is 0.258 e. The van der Waals surface area contributed by atoms with Gasteiger partial charge in [-0.15, -0.1) is 0 Å². The highest BCUT2D eigenvalue weighted by Crippen LogP contribution is 2.11. The molecule has 5 nitrogen and oxygen atoms in total. The molecule has 7 heteroatoms. The van der Waals surface area contributed by atoms with E-state index < -0.39 is 10.8 Å². The number of hydrogen-bond donors (Lipinski definition) is 2. The Morgan fingerprint density at radius 1 is 1.43 bits per heavy atom. The van der Waals surface area contributed by atoms with Gasteiger partial charge in [0.05, 0.1) is 0 Å². The van der Waals surface area contributed by atoms with Crippen LogP contribution in [0.15, 0.2) is 24.3 Å². The molecule has 0 radical (unpaired) electrons. The topological polar surface area (TPSA) is 81.4 Å². The molecule has 0 spiro atoms. The molecule has 1 amide bonds. The van der Waals surface area contributed by atoms with Crippen LogP contribution in [0.25, 0.3) is 0 Å². The number of carbonyl (C=O) groups excluding carboxylic acids is 1. The fourth-order valence-electron chi connectivity index (χ4n) is 1.60. The molecule has 2 atom stereocenters. The van der Waals surface area contributed by atoms with Crippen LogP contribution >= 0.6 is 12.2 Å². The van der Waals surface area contributed by atoms with Gasteiger partial charge in [0.25, 0.3) is 5.91 Å². The van der Waals surface area contributed by atoms with Gasteiger partial charge in [-0.3, -0.25) is 9.00 Å². The van der Waals surface area contributed by atoms with E-state index in [1.54, 1.807) is 30.5 Å². The molecule has 0 aromatic heterocycles. The number of hydrogen-bond acceptors (Lipinski definition) is 4. The van der Waals surface area contributed by atoms with Gasteiger partial charge in [-0.25, -0.2) is 0 Å². The van der Waals surface area contributed by atoms with E-state index in [0.717, 1.165) is 5.56 Å². The molecule has 0 bridgehead atoms. The molecule has 0 aliphatic heterocycles. The predicted octanol–water partition coefficient (Wildman–Crippen LogP) is 0.973. The molecule has 2 unspecified atom stereocenters. The lowest BCUT2D eigenvalue weighted by molar-refractivity contribution is -0.123. The molecule has 3 N–H and O–H groups in total. The van der Waals surface area contributed by atoms with Crippen molar-refractivity contribution in [1.29, 1.82) is 0 Å². The van der Waals surface area contributed by atoms with Crippen LogP contribution in [0.3, 0.4) is 0 Å². The van der Waals surface area contributed by atoms with Gasteiger partial charge < -0.3 is 15.8 Å². The van der Waals surface area contributed by atoms with Crippen LogP contribution in [0, 0.1) is 0 Å². The minimum Gasteiger partial charge on any atom is -0.484 e. The van der Waals surface area contributed by atoms with E-state index in [1.807, 2.05) is 6.92 Å². The first-order valence-corrected chi connectivity index (χ1v) is 8.64. The van der Waals surface area contributed by atoms with Crippen LogP contribution in [0.1, 0.15) is 18.9 Å². The molecular weight excluding hydrogens is 308 g/mol. The number of carbonyl (C=O) groups is 1. The Morgan fingerprint density at radius 3 is 2.57 bits per heavy atom. The van der Waals surface area contributed by atoms with E-state index in [1.165, 1.54) is 0 Å². The zero-order chi connectivity index (χ0) is 15.8. The number of thiocarbonyl (C=S) groups is 1. The van der Waals surface area contributed by atoms with E-state index in [4.69, 9.17) is 22.7 Å². The van der Waals surface area contributed by atoms with Crippen LogP contribution in [-0.2, 0) is 15.6 Å². The average molecular weight is 328 g/mol.